The summed E-state index contributed by atoms with van der Waals surface area (Å²) in [6.45, 7) is 2.21. The van der Waals surface area contributed by atoms with E-state index in [9.17, 15) is 14.4 Å². The van der Waals surface area contributed by atoms with E-state index in [4.69, 9.17) is 0 Å². The van der Waals surface area contributed by atoms with Crippen LogP contribution in [0.5, 0.6) is 0 Å². The number of nitrogens with zero attached hydrogens (tertiary/aromatic N) is 2. The molecule has 2 heterocycles. The number of carbonyl (C=O) groups is 3. The van der Waals surface area contributed by atoms with Gasteiger partial charge in [0, 0.05) is 11.4 Å². The number of hydrogen-bond donors (Lipinski definition) is 0. The van der Waals surface area contributed by atoms with E-state index in [2.05, 4.69) is 0 Å². The van der Waals surface area contributed by atoms with Gasteiger partial charge in [-0.3, -0.25) is 19.3 Å². The first-order valence-corrected chi connectivity index (χ1v) is 9.58. The molecule has 0 bridgehead atoms. The van der Waals surface area contributed by atoms with Crippen molar-refractivity contribution in [1.82, 2.24) is 4.90 Å². The van der Waals surface area contributed by atoms with Crippen molar-refractivity contribution in [2.24, 2.45) is 0 Å². The minimum absolute atomic E-state index is 0.227. The van der Waals surface area contributed by atoms with Gasteiger partial charge in [-0.25, -0.2) is 0 Å². The Kier molecular flexibility index (Phi) is 4.28. The largest absolute Gasteiger partial charge is 0.309 e. The Bertz CT molecular complexity index is 876. The van der Waals surface area contributed by atoms with Gasteiger partial charge in [-0.15, -0.1) is 11.8 Å². The molecule has 0 aliphatic carbocycles. The Morgan fingerprint density at radius 1 is 1.00 bits per heavy atom. The summed E-state index contributed by atoms with van der Waals surface area (Å²) in [5, 5.41) is 0. The molecule has 0 radical (unpaired) electrons. The molecule has 1 atom stereocenters. The van der Waals surface area contributed by atoms with Crippen molar-refractivity contribution in [3.63, 3.8) is 0 Å². The van der Waals surface area contributed by atoms with Gasteiger partial charge in [0.1, 0.15) is 6.04 Å². The van der Waals surface area contributed by atoms with E-state index >= 15 is 0 Å². The maximum absolute atomic E-state index is 13.2. The van der Waals surface area contributed by atoms with Gasteiger partial charge in [0.05, 0.1) is 16.8 Å². The van der Waals surface area contributed by atoms with Crippen molar-refractivity contribution in [3.8, 4) is 0 Å². The normalized spacial score (nSPS) is 17.6. The molecule has 5 nitrogen and oxygen atoms in total. The number of fused-ring (bicyclic) bond motifs is 2. The van der Waals surface area contributed by atoms with E-state index < -0.39 is 17.9 Å². The highest BCUT2D eigenvalue weighted by Gasteiger charge is 2.42. The highest BCUT2D eigenvalue weighted by molar-refractivity contribution is 7.99. The Labute approximate surface area is 156 Å². The Morgan fingerprint density at radius 3 is 2.31 bits per heavy atom. The highest BCUT2D eigenvalue weighted by Crippen LogP contribution is 2.34. The summed E-state index contributed by atoms with van der Waals surface area (Å²) in [5.41, 5.74) is 1.58. The van der Waals surface area contributed by atoms with Gasteiger partial charge in [0.15, 0.2) is 0 Å². The summed E-state index contributed by atoms with van der Waals surface area (Å²) >= 11 is 1.72. The number of thioether (sulfide) groups is 1. The molecule has 3 amide bonds. The molecule has 2 aliphatic heterocycles. The van der Waals surface area contributed by atoms with Crippen LogP contribution in [0.2, 0.25) is 0 Å². The van der Waals surface area contributed by atoms with Gasteiger partial charge in [-0.05, 0) is 43.4 Å². The molecule has 0 saturated carbocycles. The van der Waals surface area contributed by atoms with E-state index in [1.165, 1.54) is 0 Å². The zero-order valence-electron chi connectivity index (χ0n) is 14.3. The van der Waals surface area contributed by atoms with Crippen molar-refractivity contribution < 1.29 is 14.4 Å². The fraction of sp³-hybridized carbons (Fsp3) is 0.250. The monoisotopic (exact) mass is 366 g/mol. The van der Waals surface area contributed by atoms with Crippen LogP contribution in [0.4, 0.5) is 5.69 Å². The molecular formula is C20H18N2O3S. The fourth-order valence-electron chi connectivity index (χ4n) is 3.45. The molecule has 2 aromatic carbocycles. The summed E-state index contributed by atoms with van der Waals surface area (Å²) in [6.07, 6.45) is 0.861. The van der Waals surface area contributed by atoms with Gasteiger partial charge < -0.3 is 4.90 Å². The lowest BCUT2D eigenvalue weighted by molar-refractivity contribution is -0.122. The Hall–Kier alpha value is -2.60. The number of carbonyl (C=O) groups excluding carboxylic acids is 3. The molecule has 0 fully saturated rings. The quantitative estimate of drug-likeness (QED) is 0.766. The van der Waals surface area contributed by atoms with E-state index in [1.54, 1.807) is 47.9 Å². The third-order valence-electron chi connectivity index (χ3n) is 4.78. The van der Waals surface area contributed by atoms with Crippen molar-refractivity contribution >= 4 is 35.2 Å². The summed E-state index contributed by atoms with van der Waals surface area (Å²) in [6, 6.07) is 13.6. The van der Waals surface area contributed by atoms with E-state index in [0.717, 1.165) is 27.7 Å². The number of imide groups is 1. The molecule has 26 heavy (non-hydrogen) atoms. The van der Waals surface area contributed by atoms with Crippen LogP contribution in [0.15, 0.2) is 53.4 Å². The van der Waals surface area contributed by atoms with Gasteiger partial charge in [-0.1, -0.05) is 24.3 Å². The molecule has 0 spiro atoms. The lowest BCUT2D eigenvalue weighted by Gasteiger charge is -2.29. The van der Waals surface area contributed by atoms with Crippen LogP contribution in [-0.2, 0) is 4.79 Å². The first-order chi connectivity index (χ1) is 12.6. The predicted octanol–water partition coefficient (Wildman–Crippen LogP) is 3.20. The van der Waals surface area contributed by atoms with E-state index in [0.29, 0.717) is 17.7 Å². The van der Waals surface area contributed by atoms with Crippen LogP contribution in [0.25, 0.3) is 0 Å². The predicted molar refractivity (Wildman–Crippen MR) is 101 cm³/mol. The summed E-state index contributed by atoms with van der Waals surface area (Å²) in [5.74, 6) is -0.0929. The van der Waals surface area contributed by atoms with Crippen LogP contribution < -0.4 is 4.90 Å². The van der Waals surface area contributed by atoms with Crippen LogP contribution in [-0.4, -0.2) is 41.0 Å². The lowest BCUT2D eigenvalue weighted by atomic mass is 10.1. The van der Waals surface area contributed by atoms with Gasteiger partial charge in [0.25, 0.3) is 11.8 Å². The van der Waals surface area contributed by atoms with Crippen molar-refractivity contribution in [1.29, 1.82) is 0 Å². The molecule has 4 rings (SSSR count). The molecule has 0 N–H and O–H groups in total. The second-order valence-corrected chi connectivity index (χ2v) is 7.50. The summed E-state index contributed by atoms with van der Waals surface area (Å²) in [4.78, 5) is 42.4. The Morgan fingerprint density at radius 2 is 1.62 bits per heavy atom. The van der Waals surface area contributed by atoms with E-state index in [1.807, 2.05) is 24.3 Å². The third-order valence-corrected chi connectivity index (χ3v) is 5.92. The van der Waals surface area contributed by atoms with Crippen molar-refractivity contribution in [3.05, 3.63) is 59.7 Å². The van der Waals surface area contributed by atoms with Gasteiger partial charge in [0.2, 0.25) is 5.91 Å². The smallest absolute Gasteiger partial charge is 0.262 e. The minimum Gasteiger partial charge on any atom is -0.309 e. The Balaban J connectivity index is 1.65. The number of benzene rings is 2. The average molecular weight is 366 g/mol. The SMILES string of the molecule is C[C@@H](C(=O)N1CCCSc2ccccc21)N1C(=O)c2ccccc2C1=O. The maximum atomic E-state index is 13.2. The number of para-hydroxylation sites is 1. The number of hydrogen-bond acceptors (Lipinski definition) is 4. The fourth-order valence-corrected chi connectivity index (χ4v) is 4.45. The maximum Gasteiger partial charge on any atom is 0.262 e. The second kappa shape index (κ2) is 6.61. The van der Waals surface area contributed by atoms with Crippen LogP contribution in [0.1, 0.15) is 34.1 Å². The van der Waals surface area contributed by atoms with Crippen molar-refractivity contribution in [2.45, 2.75) is 24.3 Å². The van der Waals surface area contributed by atoms with Gasteiger partial charge >= 0.3 is 0 Å². The molecular weight excluding hydrogens is 348 g/mol. The second-order valence-electron chi connectivity index (χ2n) is 6.36. The number of rotatable bonds is 2. The molecule has 2 aliphatic rings. The molecule has 132 valence electrons. The third kappa shape index (κ3) is 2.61. The highest BCUT2D eigenvalue weighted by atomic mass is 32.2. The number of amides is 3. The molecule has 2 aromatic rings. The molecule has 6 heteroatoms. The first-order valence-electron chi connectivity index (χ1n) is 8.59. The molecule has 0 saturated heterocycles. The topological polar surface area (TPSA) is 57.7 Å². The first kappa shape index (κ1) is 16.8. The number of anilines is 1. The minimum atomic E-state index is -0.849. The zero-order chi connectivity index (χ0) is 18.3. The molecule has 0 aromatic heterocycles. The van der Waals surface area contributed by atoms with E-state index in [-0.39, 0.29) is 5.91 Å². The lowest BCUT2D eigenvalue weighted by Crippen LogP contribution is -2.49. The van der Waals surface area contributed by atoms with Crippen LogP contribution >= 0.6 is 11.8 Å². The van der Waals surface area contributed by atoms with Gasteiger partial charge in [-0.2, -0.15) is 0 Å². The summed E-state index contributed by atoms with van der Waals surface area (Å²) in [7, 11) is 0. The van der Waals surface area contributed by atoms with Crippen molar-refractivity contribution in [2.75, 3.05) is 17.2 Å². The summed E-state index contributed by atoms with van der Waals surface area (Å²) < 4.78 is 0. The van der Waals surface area contributed by atoms with Crippen LogP contribution in [0, 0.1) is 0 Å². The average Bonchev–Trinajstić information content (AvgIpc) is 2.82. The molecule has 0 unspecified atom stereocenters. The van der Waals surface area contributed by atoms with Crippen LogP contribution in [0.3, 0.4) is 0 Å². The standard InChI is InChI=1S/C20H18N2O3S/c1-13(22-19(24)14-7-2-3-8-15(14)20(22)25)18(23)21-11-6-12-26-17-10-5-4-9-16(17)21/h2-5,7-10,13H,6,11-12H2,1H3/t13-/m0/s1. The zero-order valence-corrected chi connectivity index (χ0v) is 15.2.